The Balaban J connectivity index is 2.50. The summed E-state index contributed by atoms with van der Waals surface area (Å²) in [6.45, 7) is 4.05. The third-order valence-electron chi connectivity index (χ3n) is 4.26. The number of methoxy groups -OCH3 is 1. The summed E-state index contributed by atoms with van der Waals surface area (Å²) in [7, 11) is 1.14. The third kappa shape index (κ3) is 6.03. The molecule has 0 unspecified atom stereocenters. The van der Waals surface area contributed by atoms with Gasteiger partial charge in [-0.25, -0.2) is 9.48 Å². The lowest BCUT2D eigenvalue weighted by molar-refractivity contribution is -0.166. The molecule has 4 atom stereocenters. The topological polar surface area (TPSA) is 159 Å². The van der Waals surface area contributed by atoms with E-state index in [9.17, 15) is 24.0 Å². The largest absolute Gasteiger partial charge is 0.464 e. The van der Waals surface area contributed by atoms with E-state index in [4.69, 9.17) is 28.4 Å². The number of carbonyl (C=O) groups excluding carboxylic acids is 5. The number of esters is 5. The molecule has 176 valence electrons. The van der Waals surface area contributed by atoms with Crippen molar-refractivity contribution in [3.63, 3.8) is 0 Å². The molecule has 0 aromatic carbocycles. The van der Waals surface area contributed by atoms with Crippen LogP contribution in [0.4, 0.5) is 0 Å². The highest BCUT2D eigenvalue weighted by atomic mass is 16.7. The average molecular weight is 456 g/mol. The first-order chi connectivity index (χ1) is 15.0. The second-order valence-electron chi connectivity index (χ2n) is 6.75. The molecule has 1 aromatic rings. The Kier molecular flexibility index (Phi) is 8.29. The van der Waals surface area contributed by atoms with Crippen LogP contribution in [0.2, 0.25) is 0 Å². The first kappa shape index (κ1) is 24.8. The van der Waals surface area contributed by atoms with Crippen LogP contribution in [0.1, 0.15) is 50.0 Å². The minimum absolute atomic E-state index is 0.134. The molecule has 1 aromatic heterocycles. The first-order valence-corrected chi connectivity index (χ1v) is 9.46. The number of rotatable bonds is 8. The van der Waals surface area contributed by atoms with E-state index in [1.807, 2.05) is 0 Å². The van der Waals surface area contributed by atoms with Crippen LogP contribution in [-0.2, 0) is 54.2 Å². The summed E-state index contributed by atoms with van der Waals surface area (Å²) < 4.78 is 32.2. The quantitative estimate of drug-likeness (QED) is 0.383. The van der Waals surface area contributed by atoms with Gasteiger partial charge in [-0.2, -0.15) is 5.10 Å². The maximum atomic E-state index is 12.5. The Morgan fingerprint density at radius 2 is 1.53 bits per heavy atom. The fourth-order valence-electron chi connectivity index (χ4n) is 3.09. The zero-order valence-corrected chi connectivity index (χ0v) is 18.2. The molecular formula is C19H24N2O11. The SMILES string of the molecule is COC(=O)c1c(COC(C)=O)cnn1[C@@H]1O[C@H](COC(C)=O)[C@@H](OC(C)=O)[C@H]1OC(C)=O. The van der Waals surface area contributed by atoms with Gasteiger partial charge in [-0.05, 0) is 0 Å². The number of hydrogen-bond acceptors (Lipinski definition) is 12. The molecule has 0 amide bonds. The zero-order chi connectivity index (χ0) is 24.0. The van der Waals surface area contributed by atoms with Crippen LogP contribution < -0.4 is 0 Å². The molecule has 0 N–H and O–H groups in total. The molecule has 2 heterocycles. The predicted octanol–water partition coefficient (Wildman–Crippen LogP) is 0.0567. The average Bonchev–Trinajstić information content (AvgIpc) is 3.25. The van der Waals surface area contributed by atoms with E-state index in [2.05, 4.69) is 5.10 Å². The molecule has 0 spiro atoms. The van der Waals surface area contributed by atoms with Gasteiger partial charge in [-0.3, -0.25) is 19.2 Å². The van der Waals surface area contributed by atoms with E-state index in [0.717, 1.165) is 25.6 Å². The van der Waals surface area contributed by atoms with E-state index in [-0.39, 0.29) is 24.5 Å². The van der Waals surface area contributed by atoms with Gasteiger partial charge in [-0.1, -0.05) is 0 Å². The summed E-state index contributed by atoms with van der Waals surface area (Å²) in [5.41, 5.74) is 0.0651. The van der Waals surface area contributed by atoms with Crippen molar-refractivity contribution in [3.8, 4) is 0 Å². The lowest BCUT2D eigenvalue weighted by atomic mass is 10.1. The minimum Gasteiger partial charge on any atom is -0.464 e. The Labute approximate surface area is 182 Å². The highest BCUT2D eigenvalue weighted by molar-refractivity contribution is 5.89. The number of hydrogen-bond donors (Lipinski definition) is 0. The van der Waals surface area contributed by atoms with Crippen molar-refractivity contribution in [1.82, 2.24) is 9.78 Å². The van der Waals surface area contributed by atoms with Crippen LogP contribution in [0, 0.1) is 0 Å². The van der Waals surface area contributed by atoms with Gasteiger partial charge in [0.1, 0.15) is 19.3 Å². The van der Waals surface area contributed by atoms with Crippen molar-refractivity contribution in [2.45, 2.75) is 58.8 Å². The van der Waals surface area contributed by atoms with Gasteiger partial charge in [0.25, 0.3) is 0 Å². The summed E-state index contributed by atoms with van der Waals surface area (Å²) >= 11 is 0. The molecule has 13 heteroatoms. The van der Waals surface area contributed by atoms with Crippen LogP contribution in [0.25, 0.3) is 0 Å². The van der Waals surface area contributed by atoms with Gasteiger partial charge in [-0.15, -0.1) is 0 Å². The fraction of sp³-hybridized carbons (Fsp3) is 0.579. The van der Waals surface area contributed by atoms with Crippen LogP contribution >= 0.6 is 0 Å². The number of aromatic nitrogens is 2. The predicted molar refractivity (Wildman–Crippen MR) is 101 cm³/mol. The molecular weight excluding hydrogens is 432 g/mol. The maximum Gasteiger partial charge on any atom is 0.356 e. The highest BCUT2D eigenvalue weighted by Gasteiger charge is 2.52. The van der Waals surface area contributed by atoms with Crippen molar-refractivity contribution in [1.29, 1.82) is 0 Å². The summed E-state index contributed by atoms with van der Waals surface area (Å²) in [5.74, 6) is -3.45. The molecule has 2 rings (SSSR count). The molecule has 0 saturated carbocycles. The lowest BCUT2D eigenvalue weighted by Gasteiger charge is -2.24. The molecule has 1 aliphatic heterocycles. The summed E-state index contributed by atoms with van der Waals surface area (Å²) in [4.78, 5) is 58.3. The number of ether oxygens (including phenoxy) is 6. The van der Waals surface area contributed by atoms with E-state index >= 15 is 0 Å². The molecule has 1 saturated heterocycles. The summed E-state index contributed by atoms with van der Waals surface area (Å²) in [5, 5.41) is 4.11. The Morgan fingerprint density at radius 3 is 2.06 bits per heavy atom. The Hall–Kier alpha value is -3.48. The molecule has 32 heavy (non-hydrogen) atoms. The van der Waals surface area contributed by atoms with E-state index in [0.29, 0.717) is 0 Å². The van der Waals surface area contributed by atoms with Gasteiger partial charge < -0.3 is 28.4 Å². The normalized spacial score (nSPS) is 22.0. The minimum atomic E-state index is -1.26. The van der Waals surface area contributed by atoms with Crippen LogP contribution in [0.15, 0.2) is 6.20 Å². The van der Waals surface area contributed by atoms with Crippen LogP contribution in [-0.4, -0.2) is 71.7 Å². The maximum absolute atomic E-state index is 12.5. The van der Waals surface area contributed by atoms with E-state index < -0.39 is 54.4 Å². The van der Waals surface area contributed by atoms with Crippen LogP contribution in [0.5, 0.6) is 0 Å². The Morgan fingerprint density at radius 1 is 0.938 bits per heavy atom. The standard InChI is InChI=1S/C19H24N2O11/c1-9(22)28-7-13-6-20-21(15(13)19(26)27-5)18-17(31-12(4)25)16(30-11(3)24)14(32-18)8-29-10(2)23/h6,14,16-18H,7-8H2,1-5H3/t14-,16-,17-,18-/m1/s1. The van der Waals surface area contributed by atoms with Crippen molar-refractivity contribution >= 4 is 29.8 Å². The zero-order valence-electron chi connectivity index (χ0n) is 18.2. The molecule has 1 fully saturated rings. The third-order valence-corrected chi connectivity index (χ3v) is 4.26. The van der Waals surface area contributed by atoms with Crippen molar-refractivity contribution in [2.24, 2.45) is 0 Å². The smallest absolute Gasteiger partial charge is 0.356 e. The molecule has 1 aliphatic rings. The van der Waals surface area contributed by atoms with Crippen LogP contribution in [0.3, 0.4) is 0 Å². The van der Waals surface area contributed by atoms with Gasteiger partial charge in [0, 0.05) is 33.3 Å². The van der Waals surface area contributed by atoms with Gasteiger partial charge in [0.15, 0.2) is 24.1 Å². The highest BCUT2D eigenvalue weighted by Crippen LogP contribution is 2.35. The number of carbonyl (C=O) groups is 5. The van der Waals surface area contributed by atoms with Gasteiger partial charge >= 0.3 is 29.8 Å². The Bertz CT molecular complexity index is 894. The van der Waals surface area contributed by atoms with Gasteiger partial charge in [0.2, 0.25) is 0 Å². The molecule has 0 bridgehead atoms. The monoisotopic (exact) mass is 456 g/mol. The summed E-state index contributed by atoms with van der Waals surface area (Å²) in [6, 6.07) is 0. The molecule has 0 aliphatic carbocycles. The molecule has 0 radical (unpaired) electrons. The second kappa shape index (κ2) is 10.7. The lowest BCUT2D eigenvalue weighted by Crippen LogP contribution is -2.41. The van der Waals surface area contributed by atoms with Gasteiger partial charge in [0.05, 0.1) is 13.3 Å². The van der Waals surface area contributed by atoms with Crippen molar-refractivity contribution in [2.75, 3.05) is 13.7 Å². The van der Waals surface area contributed by atoms with Crippen molar-refractivity contribution < 1.29 is 52.4 Å². The first-order valence-electron chi connectivity index (χ1n) is 9.46. The van der Waals surface area contributed by atoms with Crippen molar-refractivity contribution in [3.05, 3.63) is 17.5 Å². The van der Waals surface area contributed by atoms with E-state index in [1.54, 1.807) is 0 Å². The second-order valence-corrected chi connectivity index (χ2v) is 6.75. The fourth-order valence-corrected chi connectivity index (χ4v) is 3.09. The molecule has 13 nitrogen and oxygen atoms in total. The number of nitrogens with zero attached hydrogens (tertiary/aromatic N) is 2. The summed E-state index contributed by atoms with van der Waals surface area (Å²) in [6.07, 6.45) is -3.47. The van der Waals surface area contributed by atoms with E-state index in [1.165, 1.54) is 20.0 Å².